The highest BCUT2D eigenvalue weighted by Gasteiger charge is 2.25. The molecule has 0 aromatic heterocycles. The predicted molar refractivity (Wildman–Crippen MR) is 102 cm³/mol. The van der Waals surface area contributed by atoms with E-state index in [1.165, 1.54) is 16.4 Å². The van der Waals surface area contributed by atoms with E-state index in [1.807, 2.05) is 32.0 Å². The number of benzene rings is 3. The van der Waals surface area contributed by atoms with Crippen LogP contribution >= 0.6 is 0 Å². The van der Waals surface area contributed by atoms with Crippen LogP contribution in [0.3, 0.4) is 0 Å². The molecule has 3 aromatic rings. The molecule has 0 saturated heterocycles. The van der Waals surface area contributed by atoms with Crippen molar-refractivity contribution in [3.63, 3.8) is 0 Å². The summed E-state index contributed by atoms with van der Waals surface area (Å²) >= 11 is 0. The molecule has 0 fully saturated rings. The van der Waals surface area contributed by atoms with Gasteiger partial charge in [-0.1, -0.05) is 42.0 Å². The minimum atomic E-state index is -3.79. The van der Waals surface area contributed by atoms with E-state index in [4.69, 9.17) is 0 Å². The molecule has 0 amide bonds. The molecule has 134 valence electrons. The Morgan fingerprint density at radius 2 is 1.54 bits per heavy atom. The van der Waals surface area contributed by atoms with Crippen molar-refractivity contribution in [1.29, 1.82) is 0 Å². The lowest BCUT2D eigenvalue weighted by molar-refractivity contribution is 0.589. The van der Waals surface area contributed by atoms with Gasteiger partial charge in [0, 0.05) is 0 Å². The molecule has 0 aliphatic carbocycles. The molecule has 0 heterocycles. The molecule has 3 nitrogen and oxygen atoms in total. The van der Waals surface area contributed by atoms with E-state index in [0.29, 0.717) is 11.3 Å². The van der Waals surface area contributed by atoms with Crippen LogP contribution in [0.15, 0.2) is 77.7 Å². The summed E-state index contributed by atoms with van der Waals surface area (Å²) in [7, 11) is -3.79. The maximum Gasteiger partial charge on any atom is 0.264 e. The number of hydrogen-bond acceptors (Lipinski definition) is 2. The smallest absolute Gasteiger partial charge is 0.262 e. The Kier molecular flexibility index (Phi) is 5.09. The van der Waals surface area contributed by atoms with Crippen LogP contribution < -0.4 is 4.31 Å². The van der Waals surface area contributed by atoms with E-state index in [9.17, 15) is 12.8 Å². The lowest BCUT2D eigenvalue weighted by atomic mass is 10.2. The summed E-state index contributed by atoms with van der Waals surface area (Å²) in [4.78, 5) is 0.209. The molecule has 26 heavy (non-hydrogen) atoms. The van der Waals surface area contributed by atoms with Crippen molar-refractivity contribution >= 4 is 15.7 Å². The Morgan fingerprint density at radius 1 is 0.846 bits per heavy atom. The second-order valence-corrected chi connectivity index (χ2v) is 8.16. The number of nitrogens with zero attached hydrogens (tertiary/aromatic N) is 1. The Hall–Kier alpha value is -2.66. The molecule has 0 unspecified atom stereocenters. The van der Waals surface area contributed by atoms with Gasteiger partial charge < -0.3 is 0 Å². The fraction of sp³-hybridized carbons (Fsp3) is 0.143. The average molecular weight is 369 g/mol. The third-order valence-corrected chi connectivity index (χ3v) is 5.90. The zero-order chi connectivity index (χ0) is 18.7. The number of anilines is 1. The van der Waals surface area contributed by atoms with E-state index in [2.05, 4.69) is 0 Å². The molecule has 0 saturated carbocycles. The minimum Gasteiger partial charge on any atom is -0.262 e. The summed E-state index contributed by atoms with van der Waals surface area (Å²) < 4.78 is 41.5. The summed E-state index contributed by atoms with van der Waals surface area (Å²) in [5.41, 5.74) is 3.07. The molecule has 0 radical (unpaired) electrons. The maximum atomic E-state index is 13.6. The second kappa shape index (κ2) is 7.30. The molecule has 0 N–H and O–H groups in total. The highest BCUT2D eigenvalue weighted by atomic mass is 32.2. The Morgan fingerprint density at radius 3 is 2.19 bits per heavy atom. The standard InChI is InChI=1S/C21H20FNO2S/c1-16-9-11-21(12-10-16)26(24,25)23(20-8-3-5-17(2)13-20)15-18-6-4-7-19(22)14-18/h3-14H,15H2,1-2H3. The van der Waals surface area contributed by atoms with Crippen molar-refractivity contribution in [2.75, 3.05) is 4.31 Å². The fourth-order valence-electron chi connectivity index (χ4n) is 2.74. The lowest BCUT2D eigenvalue weighted by Crippen LogP contribution is -2.30. The molecule has 3 rings (SSSR count). The highest BCUT2D eigenvalue weighted by molar-refractivity contribution is 7.92. The van der Waals surface area contributed by atoms with Gasteiger partial charge in [0.25, 0.3) is 10.0 Å². The number of aryl methyl sites for hydroxylation is 2. The Balaban J connectivity index is 2.09. The first-order valence-corrected chi connectivity index (χ1v) is 9.71. The zero-order valence-electron chi connectivity index (χ0n) is 14.7. The molecule has 5 heteroatoms. The van der Waals surface area contributed by atoms with Gasteiger partial charge in [0.1, 0.15) is 5.82 Å². The summed E-state index contributed by atoms with van der Waals surface area (Å²) in [6.07, 6.45) is 0. The van der Waals surface area contributed by atoms with Gasteiger partial charge in [0.05, 0.1) is 17.1 Å². The maximum absolute atomic E-state index is 13.6. The quantitative estimate of drug-likeness (QED) is 0.645. The SMILES string of the molecule is Cc1ccc(S(=O)(=O)N(Cc2cccc(F)c2)c2cccc(C)c2)cc1. The van der Waals surface area contributed by atoms with Crippen molar-refractivity contribution in [2.45, 2.75) is 25.3 Å². The number of halogens is 1. The van der Waals surface area contributed by atoms with Gasteiger partial charge in [-0.3, -0.25) is 4.31 Å². The fourth-order valence-corrected chi connectivity index (χ4v) is 4.18. The van der Waals surface area contributed by atoms with Crippen LogP contribution in [0.2, 0.25) is 0 Å². The van der Waals surface area contributed by atoms with Crippen molar-refractivity contribution in [3.05, 3.63) is 95.3 Å². The largest absolute Gasteiger partial charge is 0.264 e. The molecule has 0 aliphatic rings. The van der Waals surface area contributed by atoms with Crippen LogP contribution in [0.25, 0.3) is 0 Å². The summed E-state index contributed by atoms with van der Waals surface area (Å²) in [5, 5.41) is 0. The van der Waals surface area contributed by atoms with Gasteiger partial charge in [0.2, 0.25) is 0 Å². The third-order valence-electron chi connectivity index (χ3n) is 4.11. The van der Waals surface area contributed by atoms with Crippen molar-refractivity contribution in [2.24, 2.45) is 0 Å². The zero-order valence-corrected chi connectivity index (χ0v) is 15.5. The van der Waals surface area contributed by atoms with Crippen molar-refractivity contribution in [3.8, 4) is 0 Å². The van der Waals surface area contributed by atoms with E-state index in [1.54, 1.807) is 42.5 Å². The molecule has 0 aliphatic heterocycles. The lowest BCUT2D eigenvalue weighted by Gasteiger charge is -2.25. The average Bonchev–Trinajstić information content (AvgIpc) is 2.60. The molecule has 3 aromatic carbocycles. The van der Waals surface area contributed by atoms with Gasteiger partial charge in [-0.05, 0) is 61.4 Å². The van der Waals surface area contributed by atoms with Gasteiger partial charge in [-0.2, -0.15) is 0 Å². The van der Waals surface area contributed by atoms with Crippen molar-refractivity contribution < 1.29 is 12.8 Å². The van der Waals surface area contributed by atoms with Crippen LogP contribution in [0.5, 0.6) is 0 Å². The molecule has 0 spiro atoms. The molecular weight excluding hydrogens is 349 g/mol. The van der Waals surface area contributed by atoms with Gasteiger partial charge in [-0.15, -0.1) is 0 Å². The predicted octanol–water partition coefficient (Wildman–Crippen LogP) is 4.84. The van der Waals surface area contributed by atoms with Crippen LogP contribution in [0.1, 0.15) is 16.7 Å². The molecule has 0 bridgehead atoms. The van der Waals surface area contributed by atoms with Crippen LogP contribution in [0, 0.1) is 19.7 Å². The van der Waals surface area contributed by atoms with Crippen LogP contribution in [0.4, 0.5) is 10.1 Å². The summed E-state index contributed by atoms with van der Waals surface area (Å²) in [6, 6.07) is 20.0. The molecule has 0 atom stereocenters. The first kappa shape index (κ1) is 18.1. The van der Waals surface area contributed by atoms with Gasteiger partial charge in [-0.25, -0.2) is 12.8 Å². The monoisotopic (exact) mass is 369 g/mol. The third kappa shape index (κ3) is 3.94. The van der Waals surface area contributed by atoms with Crippen LogP contribution in [-0.4, -0.2) is 8.42 Å². The van der Waals surface area contributed by atoms with Gasteiger partial charge in [0.15, 0.2) is 0 Å². The summed E-state index contributed by atoms with van der Waals surface area (Å²) in [5.74, 6) is -0.389. The van der Waals surface area contributed by atoms with E-state index in [0.717, 1.165) is 11.1 Å². The highest BCUT2D eigenvalue weighted by Crippen LogP contribution is 2.27. The summed E-state index contributed by atoms with van der Waals surface area (Å²) in [6.45, 7) is 3.86. The van der Waals surface area contributed by atoms with E-state index < -0.39 is 10.0 Å². The topological polar surface area (TPSA) is 37.4 Å². The minimum absolute atomic E-state index is 0.0530. The first-order chi connectivity index (χ1) is 12.4. The van der Waals surface area contributed by atoms with Crippen LogP contribution in [-0.2, 0) is 16.6 Å². The molecular formula is C21H20FNO2S. The Labute approximate surface area is 153 Å². The van der Waals surface area contributed by atoms with Crippen molar-refractivity contribution in [1.82, 2.24) is 0 Å². The normalized spacial score (nSPS) is 11.3. The second-order valence-electron chi connectivity index (χ2n) is 6.29. The van der Waals surface area contributed by atoms with Gasteiger partial charge >= 0.3 is 0 Å². The number of sulfonamides is 1. The Bertz CT molecular complexity index is 1010. The number of rotatable bonds is 5. The van der Waals surface area contributed by atoms with E-state index in [-0.39, 0.29) is 17.3 Å². The number of hydrogen-bond donors (Lipinski definition) is 0. The van der Waals surface area contributed by atoms with E-state index >= 15 is 0 Å². The first-order valence-electron chi connectivity index (χ1n) is 8.27.